The minimum absolute atomic E-state index is 0.169. The van der Waals surface area contributed by atoms with Crippen LogP contribution in [0.15, 0.2) is 48.7 Å². The van der Waals surface area contributed by atoms with Crippen molar-refractivity contribution in [2.24, 2.45) is 0 Å². The van der Waals surface area contributed by atoms with Gasteiger partial charge < -0.3 is 14.8 Å². The van der Waals surface area contributed by atoms with Crippen LogP contribution >= 0.6 is 0 Å². The predicted octanol–water partition coefficient (Wildman–Crippen LogP) is 1.95. The van der Waals surface area contributed by atoms with E-state index in [0.29, 0.717) is 6.54 Å². The molecule has 0 saturated carbocycles. The largest absolute Gasteiger partial charge is 0.497 e. The molecular weight excluding hydrogens is 296 g/mol. The summed E-state index contributed by atoms with van der Waals surface area (Å²) < 4.78 is 10.2. The zero-order chi connectivity index (χ0) is 16.7. The van der Waals surface area contributed by atoms with Crippen LogP contribution in [0.25, 0.3) is 0 Å². The Hall–Kier alpha value is -2.89. The van der Waals surface area contributed by atoms with E-state index >= 15 is 0 Å². The van der Waals surface area contributed by atoms with Crippen LogP contribution in [0.1, 0.15) is 23.0 Å². The molecule has 2 aromatic rings. The van der Waals surface area contributed by atoms with E-state index in [1.807, 2.05) is 24.3 Å². The number of hydrogen-bond donors (Lipinski definition) is 1. The van der Waals surface area contributed by atoms with E-state index in [0.717, 1.165) is 11.3 Å². The smallest absolute Gasteiger partial charge is 0.357 e. The van der Waals surface area contributed by atoms with Gasteiger partial charge in [0.25, 0.3) is 5.91 Å². The van der Waals surface area contributed by atoms with Gasteiger partial charge in [0.05, 0.1) is 7.11 Å². The normalized spacial score (nSPS) is 11.4. The van der Waals surface area contributed by atoms with E-state index in [4.69, 9.17) is 9.47 Å². The molecule has 1 N–H and O–H groups in total. The maximum atomic E-state index is 12.0. The second kappa shape index (κ2) is 7.93. The number of rotatable bonds is 6. The Bertz CT molecular complexity index is 656. The summed E-state index contributed by atoms with van der Waals surface area (Å²) in [5, 5.41) is 2.72. The number of amides is 1. The zero-order valence-electron chi connectivity index (χ0n) is 13.0. The van der Waals surface area contributed by atoms with Crippen LogP contribution < -0.4 is 10.1 Å². The minimum Gasteiger partial charge on any atom is -0.497 e. The summed E-state index contributed by atoms with van der Waals surface area (Å²) in [4.78, 5) is 27.7. The number of aromatic nitrogens is 1. The number of nitrogens with one attached hydrogen (secondary N) is 1. The lowest BCUT2D eigenvalue weighted by molar-refractivity contribution is -0.129. The van der Waals surface area contributed by atoms with Gasteiger partial charge in [-0.3, -0.25) is 4.79 Å². The Morgan fingerprint density at radius 2 is 1.91 bits per heavy atom. The number of nitrogens with zero attached hydrogens (tertiary/aromatic N) is 1. The van der Waals surface area contributed by atoms with Crippen molar-refractivity contribution in [2.75, 3.05) is 7.11 Å². The van der Waals surface area contributed by atoms with Gasteiger partial charge in [0.15, 0.2) is 6.10 Å². The highest BCUT2D eigenvalue weighted by Crippen LogP contribution is 2.11. The lowest BCUT2D eigenvalue weighted by Gasteiger charge is -2.13. The van der Waals surface area contributed by atoms with Crippen molar-refractivity contribution in [1.29, 1.82) is 0 Å². The molecular formula is C17H18N2O4. The molecule has 0 aliphatic rings. The Morgan fingerprint density at radius 1 is 1.17 bits per heavy atom. The van der Waals surface area contributed by atoms with Crippen LogP contribution in [-0.2, 0) is 16.1 Å². The fourth-order valence-corrected chi connectivity index (χ4v) is 1.83. The molecule has 0 aliphatic carbocycles. The molecule has 120 valence electrons. The van der Waals surface area contributed by atoms with E-state index in [9.17, 15) is 9.59 Å². The summed E-state index contributed by atoms with van der Waals surface area (Å²) in [5.74, 6) is -0.250. The lowest BCUT2D eigenvalue weighted by Crippen LogP contribution is -2.35. The summed E-state index contributed by atoms with van der Waals surface area (Å²) in [6, 6.07) is 12.2. The number of hydrogen-bond acceptors (Lipinski definition) is 5. The molecule has 0 fully saturated rings. The standard InChI is InChI=1S/C17H18N2O4/c1-12(23-17(21)15-5-3-4-10-18-15)16(20)19-11-13-6-8-14(22-2)9-7-13/h3-10,12H,11H2,1-2H3,(H,19,20)/t12-/m0/s1. The molecule has 6 nitrogen and oxygen atoms in total. The number of carbonyl (C=O) groups excluding carboxylic acids is 2. The molecule has 23 heavy (non-hydrogen) atoms. The average Bonchev–Trinajstić information content (AvgIpc) is 2.60. The maximum absolute atomic E-state index is 12.0. The third-order valence-electron chi connectivity index (χ3n) is 3.15. The number of ether oxygens (including phenoxy) is 2. The molecule has 0 unspecified atom stereocenters. The SMILES string of the molecule is COc1ccc(CNC(=O)[C@H](C)OC(=O)c2ccccn2)cc1. The average molecular weight is 314 g/mol. The monoisotopic (exact) mass is 314 g/mol. The minimum atomic E-state index is -0.900. The van der Waals surface area contributed by atoms with Crippen LogP contribution in [0.4, 0.5) is 0 Å². The fraction of sp³-hybridized carbons (Fsp3) is 0.235. The van der Waals surface area contributed by atoms with E-state index in [1.54, 1.807) is 19.2 Å². The Kier molecular flexibility index (Phi) is 5.68. The molecule has 2 rings (SSSR count). The molecule has 1 amide bonds. The molecule has 1 atom stereocenters. The van der Waals surface area contributed by atoms with Crippen LogP contribution in [0.2, 0.25) is 0 Å². The molecule has 0 bridgehead atoms. The van der Waals surface area contributed by atoms with E-state index < -0.39 is 12.1 Å². The zero-order valence-corrected chi connectivity index (χ0v) is 13.0. The van der Waals surface area contributed by atoms with E-state index in [-0.39, 0.29) is 11.6 Å². The van der Waals surface area contributed by atoms with Gasteiger partial charge in [0.1, 0.15) is 11.4 Å². The van der Waals surface area contributed by atoms with Gasteiger partial charge in [-0.25, -0.2) is 9.78 Å². The van der Waals surface area contributed by atoms with Gasteiger partial charge in [-0.15, -0.1) is 0 Å². The first-order chi connectivity index (χ1) is 11.1. The molecule has 1 heterocycles. The number of carbonyl (C=O) groups is 2. The third kappa shape index (κ3) is 4.81. The Morgan fingerprint density at radius 3 is 2.52 bits per heavy atom. The van der Waals surface area contributed by atoms with Gasteiger partial charge in [0.2, 0.25) is 0 Å². The number of methoxy groups -OCH3 is 1. The summed E-state index contributed by atoms with van der Waals surface area (Å²) >= 11 is 0. The Labute approximate surface area is 134 Å². The molecule has 1 aromatic carbocycles. The van der Waals surface area contributed by atoms with Crippen molar-refractivity contribution in [3.63, 3.8) is 0 Å². The van der Waals surface area contributed by atoms with E-state index in [1.165, 1.54) is 19.2 Å². The van der Waals surface area contributed by atoms with Crippen molar-refractivity contribution < 1.29 is 19.1 Å². The molecule has 0 radical (unpaired) electrons. The number of benzene rings is 1. The number of pyridine rings is 1. The highest BCUT2D eigenvalue weighted by molar-refractivity contribution is 5.90. The predicted molar refractivity (Wildman–Crippen MR) is 84.0 cm³/mol. The molecule has 1 aromatic heterocycles. The van der Waals surface area contributed by atoms with Crippen molar-refractivity contribution in [3.05, 3.63) is 59.9 Å². The molecule has 0 saturated heterocycles. The summed E-state index contributed by atoms with van der Waals surface area (Å²) in [5.41, 5.74) is 1.09. The fourth-order valence-electron chi connectivity index (χ4n) is 1.83. The van der Waals surface area contributed by atoms with Crippen LogP contribution in [0.3, 0.4) is 0 Å². The third-order valence-corrected chi connectivity index (χ3v) is 3.15. The summed E-state index contributed by atoms with van der Waals surface area (Å²) in [6.45, 7) is 1.86. The maximum Gasteiger partial charge on any atom is 0.357 e. The highest BCUT2D eigenvalue weighted by Gasteiger charge is 2.19. The lowest BCUT2D eigenvalue weighted by atomic mass is 10.2. The first-order valence-corrected chi connectivity index (χ1v) is 7.13. The summed E-state index contributed by atoms with van der Waals surface area (Å²) in [6.07, 6.45) is 0.591. The first-order valence-electron chi connectivity index (χ1n) is 7.13. The van der Waals surface area contributed by atoms with Gasteiger partial charge in [0, 0.05) is 12.7 Å². The molecule has 6 heteroatoms. The van der Waals surface area contributed by atoms with Crippen molar-refractivity contribution in [3.8, 4) is 5.75 Å². The molecule has 0 spiro atoms. The van der Waals surface area contributed by atoms with E-state index in [2.05, 4.69) is 10.3 Å². The van der Waals surface area contributed by atoms with Crippen LogP contribution in [-0.4, -0.2) is 30.1 Å². The van der Waals surface area contributed by atoms with Crippen LogP contribution in [0.5, 0.6) is 5.75 Å². The first kappa shape index (κ1) is 16.5. The van der Waals surface area contributed by atoms with Crippen LogP contribution in [0, 0.1) is 0 Å². The quantitative estimate of drug-likeness (QED) is 0.825. The van der Waals surface area contributed by atoms with Crippen molar-refractivity contribution in [1.82, 2.24) is 10.3 Å². The van der Waals surface area contributed by atoms with Gasteiger partial charge >= 0.3 is 5.97 Å². The summed E-state index contributed by atoms with van der Waals surface area (Å²) in [7, 11) is 1.59. The van der Waals surface area contributed by atoms with Gasteiger partial charge in [-0.1, -0.05) is 18.2 Å². The highest BCUT2D eigenvalue weighted by atomic mass is 16.5. The second-order valence-corrected chi connectivity index (χ2v) is 4.83. The second-order valence-electron chi connectivity index (χ2n) is 4.83. The van der Waals surface area contributed by atoms with Gasteiger partial charge in [-0.05, 0) is 36.8 Å². The van der Waals surface area contributed by atoms with Crippen molar-refractivity contribution >= 4 is 11.9 Å². The topological polar surface area (TPSA) is 77.5 Å². The van der Waals surface area contributed by atoms with Crippen molar-refractivity contribution in [2.45, 2.75) is 19.6 Å². The van der Waals surface area contributed by atoms with Gasteiger partial charge in [-0.2, -0.15) is 0 Å². The molecule has 0 aliphatic heterocycles. The Balaban J connectivity index is 1.83. The number of esters is 1.